The third kappa shape index (κ3) is 3.55. The van der Waals surface area contributed by atoms with Crippen molar-refractivity contribution >= 4 is 38.2 Å². The number of hydrogen-bond donors (Lipinski definition) is 1. The average Bonchev–Trinajstić information content (AvgIpc) is 2.58. The molecule has 5 nitrogen and oxygen atoms in total. The van der Waals surface area contributed by atoms with Gasteiger partial charge in [0.15, 0.2) is 0 Å². The highest BCUT2D eigenvalue weighted by molar-refractivity contribution is 7.93. The van der Waals surface area contributed by atoms with Gasteiger partial charge in [0.2, 0.25) is 0 Å². The predicted octanol–water partition coefficient (Wildman–Crippen LogP) is 4.40. The van der Waals surface area contributed by atoms with Gasteiger partial charge < -0.3 is 4.74 Å². The van der Waals surface area contributed by atoms with Crippen LogP contribution in [0, 0.1) is 6.92 Å². The van der Waals surface area contributed by atoms with Crippen molar-refractivity contribution in [2.45, 2.75) is 18.7 Å². The zero-order valence-electron chi connectivity index (χ0n) is 13.8. The highest BCUT2D eigenvalue weighted by Crippen LogP contribution is 2.31. The molecule has 1 heterocycles. The van der Waals surface area contributed by atoms with E-state index in [4.69, 9.17) is 16.3 Å². The lowest BCUT2D eigenvalue weighted by atomic mass is 10.2. The van der Waals surface area contributed by atoms with Gasteiger partial charge in [0.05, 0.1) is 17.2 Å². The van der Waals surface area contributed by atoms with E-state index in [9.17, 15) is 8.42 Å². The number of anilines is 1. The van der Waals surface area contributed by atoms with Crippen LogP contribution in [0.3, 0.4) is 0 Å². The number of nitrogens with zero attached hydrogens (tertiary/aromatic N) is 1. The van der Waals surface area contributed by atoms with Crippen molar-refractivity contribution in [2.75, 3.05) is 11.3 Å². The molecule has 0 amide bonds. The van der Waals surface area contributed by atoms with Gasteiger partial charge in [-0.3, -0.25) is 9.71 Å². The Labute approximate surface area is 151 Å². The van der Waals surface area contributed by atoms with E-state index in [1.54, 1.807) is 42.6 Å². The minimum atomic E-state index is -3.82. The number of sulfonamides is 1. The maximum Gasteiger partial charge on any atom is 0.262 e. The minimum absolute atomic E-state index is 0.137. The second-order valence-electron chi connectivity index (χ2n) is 5.46. The Bertz CT molecular complexity index is 1040. The molecule has 3 aromatic rings. The summed E-state index contributed by atoms with van der Waals surface area (Å²) < 4.78 is 34.0. The van der Waals surface area contributed by atoms with Crippen LogP contribution in [0.15, 0.2) is 53.6 Å². The molecule has 25 heavy (non-hydrogen) atoms. The van der Waals surface area contributed by atoms with Gasteiger partial charge in [-0.15, -0.1) is 0 Å². The normalized spacial score (nSPS) is 11.5. The van der Waals surface area contributed by atoms with Crippen molar-refractivity contribution in [3.8, 4) is 5.75 Å². The van der Waals surface area contributed by atoms with Crippen LogP contribution in [0.1, 0.15) is 12.5 Å². The Morgan fingerprint density at radius 1 is 1.20 bits per heavy atom. The van der Waals surface area contributed by atoms with E-state index in [1.165, 1.54) is 6.07 Å². The summed E-state index contributed by atoms with van der Waals surface area (Å²) >= 11 is 5.98. The van der Waals surface area contributed by atoms with E-state index in [2.05, 4.69) is 9.71 Å². The first kappa shape index (κ1) is 17.5. The van der Waals surface area contributed by atoms with E-state index >= 15 is 0 Å². The molecular weight excluding hydrogens is 360 g/mol. The quantitative estimate of drug-likeness (QED) is 0.716. The molecule has 0 saturated carbocycles. The smallest absolute Gasteiger partial charge is 0.262 e. The maximum atomic E-state index is 12.9. The van der Waals surface area contributed by atoms with Crippen molar-refractivity contribution < 1.29 is 13.2 Å². The molecule has 0 spiro atoms. The van der Waals surface area contributed by atoms with Crippen molar-refractivity contribution in [1.29, 1.82) is 0 Å². The minimum Gasteiger partial charge on any atom is -0.492 e. The Morgan fingerprint density at radius 3 is 2.76 bits per heavy atom. The zero-order chi connectivity index (χ0) is 18.0. The fraction of sp³-hybridized carbons (Fsp3) is 0.167. The van der Waals surface area contributed by atoms with E-state index < -0.39 is 10.0 Å². The van der Waals surface area contributed by atoms with Crippen molar-refractivity contribution in [1.82, 2.24) is 4.98 Å². The highest BCUT2D eigenvalue weighted by Gasteiger charge is 2.20. The molecule has 0 unspecified atom stereocenters. The van der Waals surface area contributed by atoms with Gasteiger partial charge in [-0.2, -0.15) is 0 Å². The number of rotatable bonds is 5. The van der Waals surface area contributed by atoms with Gasteiger partial charge in [0.25, 0.3) is 10.0 Å². The van der Waals surface area contributed by atoms with Crippen LogP contribution in [0.25, 0.3) is 10.9 Å². The van der Waals surface area contributed by atoms with Gasteiger partial charge in [-0.05, 0) is 55.8 Å². The Morgan fingerprint density at radius 2 is 2.00 bits per heavy atom. The predicted molar refractivity (Wildman–Crippen MR) is 99.9 cm³/mol. The number of hydrogen-bond acceptors (Lipinski definition) is 4. The molecular formula is C18H17ClN2O3S. The maximum absolute atomic E-state index is 12.9. The monoisotopic (exact) mass is 376 g/mol. The summed E-state index contributed by atoms with van der Waals surface area (Å²) in [6.07, 6.45) is 1.61. The molecule has 1 N–H and O–H groups in total. The van der Waals surface area contributed by atoms with Crippen LogP contribution in [0.5, 0.6) is 5.75 Å². The second-order valence-corrected chi connectivity index (χ2v) is 7.55. The number of nitrogens with one attached hydrogen (secondary N) is 1. The van der Waals surface area contributed by atoms with Crippen LogP contribution < -0.4 is 9.46 Å². The molecule has 7 heteroatoms. The summed E-state index contributed by atoms with van der Waals surface area (Å²) in [5.41, 5.74) is 1.73. The number of ether oxygens (including phenoxy) is 1. The molecule has 0 aliphatic rings. The van der Waals surface area contributed by atoms with Crippen LogP contribution in [0.2, 0.25) is 5.02 Å². The topological polar surface area (TPSA) is 68.3 Å². The SMILES string of the molecule is CCOc1ccc(S(=O)(=O)Nc2cc(Cl)ccc2C)c2cccnc12. The first-order valence-corrected chi connectivity index (χ1v) is 9.58. The van der Waals surface area contributed by atoms with Crippen LogP contribution >= 0.6 is 11.6 Å². The molecule has 1 aromatic heterocycles. The van der Waals surface area contributed by atoms with Crippen LogP contribution in [-0.4, -0.2) is 20.0 Å². The lowest BCUT2D eigenvalue weighted by molar-refractivity contribution is 0.343. The fourth-order valence-corrected chi connectivity index (χ4v) is 4.02. The largest absolute Gasteiger partial charge is 0.492 e. The third-order valence-corrected chi connectivity index (χ3v) is 5.38. The van der Waals surface area contributed by atoms with Gasteiger partial charge >= 0.3 is 0 Å². The van der Waals surface area contributed by atoms with Crippen LogP contribution in [0.4, 0.5) is 5.69 Å². The van der Waals surface area contributed by atoms with Crippen molar-refractivity contribution in [3.63, 3.8) is 0 Å². The third-order valence-electron chi connectivity index (χ3n) is 3.73. The number of halogens is 1. The van der Waals surface area contributed by atoms with Gasteiger partial charge in [-0.1, -0.05) is 17.7 Å². The van der Waals surface area contributed by atoms with Crippen LogP contribution in [-0.2, 0) is 10.0 Å². The molecule has 0 fully saturated rings. The van der Waals surface area contributed by atoms with Crippen molar-refractivity contribution in [2.24, 2.45) is 0 Å². The van der Waals surface area contributed by atoms with Crippen molar-refractivity contribution in [3.05, 3.63) is 59.2 Å². The Balaban J connectivity index is 2.12. The summed E-state index contributed by atoms with van der Waals surface area (Å²) in [6, 6.07) is 11.6. The van der Waals surface area contributed by atoms with E-state index in [1.807, 2.05) is 13.8 Å². The summed E-state index contributed by atoms with van der Waals surface area (Å²) in [5.74, 6) is 0.552. The molecule has 0 bridgehead atoms. The number of pyridine rings is 1. The summed E-state index contributed by atoms with van der Waals surface area (Å²) in [7, 11) is -3.82. The molecule has 130 valence electrons. The summed E-state index contributed by atoms with van der Waals surface area (Å²) in [6.45, 7) is 4.15. The molecule has 0 saturated heterocycles. The lowest BCUT2D eigenvalue weighted by Crippen LogP contribution is -2.14. The molecule has 2 aromatic carbocycles. The summed E-state index contributed by atoms with van der Waals surface area (Å²) in [5, 5.41) is 0.960. The average molecular weight is 377 g/mol. The number of fused-ring (bicyclic) bond motifs is 1. The standard InChI is InChI=1S/C18H17ClN2O3S/c1-3-24-16-8-9-17(14-5-4-10-20-18(14)16)25(22,23)21-15-11-13(19)7-6-12(15)2/h4-11,21H,3H2,1-2H3. The highest BCUT2D eigenvalue weighted by atomic mass is 35.5. The Kier molecular flexibility index (Phi) is 4.83. The first-order valence-electron chi connectivity index (χ1n) is 7.72. The molecule has 0 radical (unpaired) electrons. The lowest BCUT2D eigenvalue weighted by Gasteiger charge is -2.14. The zero-order valence-corrected chi connectivity index (χ0v) is 15.4. The number of benzene rings is 2. The van der Waals surface area contributed by atoms with E-state index in [-0.39, 0.29) is 4.90 Å². The molecule has 0 aliphatic carbocycles. The Hall–Kier alpha value is -2.31. The van der Waals surface area contributed by atoms with Gasteiger partial charge in [0, 0.05) is 16.6 Å². The molecule has 0 atom stereocenters. The summed E-state index contributed by atoms with van der Waals surface area (Å²) in [4.78, 5) is 4.41. The number of aryl methyl sites for hydroxylation is 1. The molecule has 0 aliphatic heterocycles. The molecule has 3 rings (SSSR count). The van der Waals surface area contributed by atoms with E-state index in [0.29, 0.717) is 34.0 Å². The first-order chi connectivity index (χ1) is 11.9. The number of aromatic nitrogens is 1. The fourth-order valence-electron chi connectivity index (χ4n) is 2.53. The van der Waals surface area contributed by atoms with Gasteiger partial charge in [0.1, 0.15) is 11.3 Å². The van der Waals surface area contributed by atoms with E-state index in [0.717, 1.165) is 5.56 Å². The van der Waals surface area contributed by atoms with Gasteiger partial charge in [-0.25, -0.2) is 8.42 Å². The second kappa shape index (κ2) is 6.90.